The Labute approximate surface area is 119 Å². The zero-order valence-corrected chi connectivity index (χ0v) is 13.2. The maximum atomic E-state index is 3.80. The van der Waals surface area contributed by atoms with Gasteiger partial charge in [-0.2, -0.15) is 0 Å². The molecule has 3 heteroatoms. The minimum Gasteiger partial charge on any atom is -0.312 e. The maximum absolute atomic E-state index is 3.80. The van der Waals surface area contributed by atoms with Gasteiger partial charge in [-0.25, -0.2) is 0 Å². The van der Waals surface area contributed by atoms with Crippen molar-refractivity contribution in [2.24, 2.45) is 0 Å². The highest BCUT2D eigenvalue weighted by molar-refractivity contribution is 4.80. The summed E-state index contributed by atoms with van der Waals surface area (Å²) < 4.78 is 0. The van der Waals surface area contributed by atoms with E-state index in [1.54, 1.807) is 0 Å². The third-order valence-corrected chi connectivity index (χ3v) is 5.01. The molecule has 1 unspecified atom stereocenters. The molecule has 1 N–H and O–H groups in total. The molecule has 2 rings (SSSR count). The van der Waals surface area contributed by atoms with Crippen LogP contribution in [0.4, 0.5) is 0 Å². The quantitative estimate of drug-likeness (QED) is 0.825. The van der Waals surface area contributed by atoms with Gasteiger partial charge in [0.2, 0.25) is 0 Å². The summed E-state index contributed by atoms with van der Waals surface area (Å²) in [4.78, 5) is 5.26. The third kappa shape index (κ3) is 4.73. The molecule has 1 atom stereocenters. The Morgan fingerprint density at radius 2 is 1.47 bits per heavy atom. The van der Waals surface area contributed by atoms with Crippen LogP contribution in [-0.4, -0.2) is 60.6 Å². The number of nitrogens with one attached hydrogen (secondary N) is 1. The van der Waals surface area contributed by atoms with Crippen molar-refractivity contribution in [1.82, 2.24) is 15.1 Å². The van der Waals surface area contributed by atoms with Gasteiger partial charge in [0.05, 0.1) is 0 Å². The molecule has 0 radical (unpaired) electrons. The summed E-state index contributed by atoms with van der Waals surface area (Å²) in [5, 5.41) is 3.80. The lowest BCUT2D eigenvalue weighted by atomic mass is 9.95. The summed E-state index contributed by atoms with van der Waals surface area (Å²) in [5.74, 6) is 0. The Morgan fingerprint density at radius 3 is 2.05 bits per heavy atom. The maximum Gasteiger partial charge on any atom is 0.0193 e. The molecule has 1 aliphatic heterocycles. The zero-order chi connectivity index (χ0) is 13.7. The van der Waals surface area contributed by atoms with Crippen molar-refractivity contribution in [2.45, 2.75) is 71.0 Å². The fraction of sp³-hybridized carbons (Fsp3) is 1.00. The molecule has 1 saturated carbocycles. The largest absolute Gasteiger partial charge is 0.312 e. The first-order chi connectivity index (χ1) is 9.16. The minimum atomic E-state index is 0.691. The molecule has 0 amide bonds. The van der Waals surface area contributed by atoms with Crippen LogP contribution in [0, 0.1) is 0 Å². The van der Waals surface area contributed by atoms with Gasteiger partial charge in [0.1, 0.15) is 0 Å². The first-order valence-corrected chi connectivity index (χ1v) is 8.38. The lowest BCUT2D eigenvalue weighted by Gasteiger charge is -2.40. The number of piperazine rings is 1. The summed E-state index contributed by atoms with van der Waals surface area (Å²) in [6, 6.07) is 2.20. The molecule has 0 bridgehead atoms. The molecule has 1 aliphatic carbocycles. The normalized spacial score (nSPS) is 25.9. The molecule has 112 valence electrons. The third-order valence-electron chi connectivity index (χ3n) is 5.01. The summed E-state index contributed by atoms with van der Waals surface area (Å²) in [7, 11) is 0. The molecule has 1 heterocycles. The number of rotatable bonds is 5. The molecular weight excluding hydrogens is 234 g/mol. The van der Waals surface area contributed by atoms with E-state index in [4.69, 9.17) is 0 Å². The van der Waals surface area contributed by atoms with Crippen LogP contribution < -0.4 is 5.32 Å². The van der Waals surface area contributed by atoms with Crippen molar-refractivity contribution in [2.75, 3.05) is 32.7 Å². The second kappa shape index (κ2) is 7.61. The molecular formula is C16H33N3. The van der Waals surface area contributed by atoms with E-state index in [9.17, 15) is 0 Å². The number of hydrogen-bond donors (Lipinski definition) is 1. The Bertz CT molecular complexity index is 240. The van der Waals surface area contributed by atoms with Crippen molar-refractivity contribution in [3.63, 3.8) is 0 Å². The van der Waals surface area contributed by atoms with Crippen LogP contribution in [0.15, 0.2) is 0 Å². The molecule has 0 aromatic carbocycles. The van der Waals surface area contributed by atoms with Crippen molar-refractivity contribution in [1.29, 1.82) is 0 Å². The first kappa shape index (κ1) is 15.3. The fourth-order valence-electron chi connectivity index (χ4n) is 3.47. The Morgan fingerprint density at radius 1 is 0.895 bits per heavy atom. The van der Waals surface area contributed by atoms with E-state index < -0.39 is 0 Å². The second-order valence-corrected chi connectivity index (χ2v) is 6.76. The summed E-state index contributed by atoms with van der Waals surface area (Å²) in [6.45, 7) is 13.1. The topological polar surface area (TPSA) is 18.5 Å². The lowest BCUT2D eigenvalue weighted by molar-refractivity contribution is 0.0816. The highest BCUT2D eigenvalue weighted by atomic mass is 15.3. The van der Waals surface area contributed by atoms with E-state index in [2.05, 4.69) is 35.9 Å². The van der Waals surface area contributed by atoms with Gasteiger partial charge in [0.15, 0.2) is 0 Å². The standard InChI is InChI=1S/C16H33N3/c1-14(2)18-9-11-19(12-10-18)15(3)13-17-16-7-5-4-6-8-16/h14-17H,4-13H2,1-3H3. The van der Waals surface area contributed by atoms with Gasteiger partial charge >= 0.3 is 0 Å². The smallest absolute Gasteiger partial charge is 0.0193 e. The molecule has 3 nitrogen and oxygen atoms in total. The van der Waals surface area contributed by atoms with Crippen LogP contribution in [0.3, 0.4) is 0 Å². The molecule has 2 fully saturated rings. The van der Waals surface area contributed by atoms with Crippen molar-refractivity contribution in [3.8, 4) is 0 Å². The molecule has 0 aromatic rings. The zero-order valence-electron chi connectivity index (χ0n) is 13.2. The van der Waals surface area contributed by atoms with E-state index in [1.165, 1.54) is 64.8 Å². The summed E-state index contributed by atoms with van der Waals surface area (Å²) in [5.41, 5.74) is 0. The average molecular weight is 267 g/mol. The van der Waals surface area contributed by atoms with Crippen LogP contribution in [0.25, 0.3) is 0 Å². The highest BCUT2D eigenvalue weighted by Crippen LogP contribution is 2.17. The van der Waals surface area contributed by atoms with E-state index in [-0.39, 0.29) is 0 Å². The van der Waals surface area contributed by atoms with Crippen LogP contribution >= 0.6 is 0 Å². The summed E-state index contributed by atoms with van der Waals surface area (Å²) in [6.07, 6.45) is 7.10. The van der Waals surface area contributed by atoms with Crippen molar-refractivity contribution < 1.29 is 0 Å². The predicted octanol–water partition coefficient (Wildman–Crippen LogP) is 2.32. The van der Waals surface area contributed by atoms with E-state index in [0.29, 0.717) is 12.1 Å². The predicted molar refractivity (Wildman–Crippen MR) is 82.6 cm³/mol. The van der Waals surface area contributed by atoms with Crippen LogP contribution in [-0.2, 0) is 0 Å². The summed E-state index contributed by atoms with van der Waals surface area (Å²) >= 11 is 0. The van der Waals surface area contributed by atoms with Gasteiger partial charge in [-0.15, -0.1) is 0 Å². The Kier molecular flexibility index (Phi) is 6.11. The monoisotopic (exact) mass is 267 g/mol. The Balaban J connectivity index is 1.64. The molecule has 1 saturated heterocycles. The molecule has 0 aromatic heterocycles. The van der Waals surface area contributed by atoms with Crippen LogP contribution in [0.2, 0.25) is 0 Å². The molecule has 2 aliphatic rings. The molecule has 0 spiro atoms. The van der Waals surface area contributed by atoms with Crippen LogP contribution in [0.5, 0.6) is 0 Å². The number of nitrogens with zero attached hydrogens (tertiary/aromatic N) is 2. The first-order valence-electron chi connectivity index (χ1n) is 8.38. The van der Waals surface area contributed by atoms with Gasteiger partial charge in [-0.1, -0.05) is 19.3 Å². The molecule has 19 heavy (non-hydrogen) atoms. The fourth-order valence-corrected chi connectivity index (χ4v) is 3.47. The van der Waals surface area contributed by atoms with Crippen molar-refractivity contribution in [3.05, 3.63) is 0 Å². The minimum absolute atomic E-state index is 0.691. The van der Waals surface area contributed by atoms with Crippen molar-refractivity contribution >= 4 is 0 Å². The van der Waals surface area contributed by atoms with Gasteiger partial charge in [0.25, 0.3) is 0 Å². The van der Waals surface area contributed by atoms with Gasteiger partial charge in [-0.3, -0.25) is 9.80 Å². The van der Waals surface area contributed by atoms with Crippen LogP contribution in [0.1, 0.15) is 52.9 Å². The average Bonchev–Trinajstić information content (AvgIpc) is 2.46. The van der Waals surface area contributed by atoms with E-state index >= 15 is 0 Å². The van der Waals surface area contributed by atoms with Gasteiger partial charge in [-0.05, 0) is 33.6 Å². The van der Waals surface area contributed by atoms with Gasteiger partial charge < -0.3 is 5.32 Å². The van der Waals surface area contributed by atoms with E-state index in [1.807, 2.05) is 0 Å². The SMILES string of the molecule is CC(C)N1CCN(C(C)CNC2CCCCC2)CC1. The number of hydrogen-bond acceptors (Lipinski definition) is 3. The highest BCUT2D eigenvalue weighted by Gasteiger charge is 2.23. The Hall–Kier alpha value is -0.120. The van der Waals surface area contributed by atoms with E-state index in [0.717, 1.165) is 6.04 Å². The second-order valence-electron chi connectivity index (χ2n) is 6.76. The van der Waals surface area contributed by atoms with Gasteiger partial charge in [0, 0.05) is 50.8 Å². The lowest BCUT2D eigenvalue weighted by Crippen LogP contribution is -2.54.